The predicted molar refractivity (Wildman–Crippen MR) is 104 cm³/mol. The van der Waals surface area contributed by atoms with Crippen molar-refractivity contribution in [2.24, 2.45) is 0 Å². The Balaban J connectivity index is 1.48. The first-order valence-corrected chi connectivity index (χ1v) is 9.52. The van der Waals surface area contributed by atoms with Crippen LogP contribution in [-0.4, -0.2) is 33.7 Å². The Hall–Kier alpha value is -2.60. The lowest BCUT2D eigenvalue weighted by Crippen LogP contribution is -2.28. The fourth-order valence-electron chi connectivity index (χ4n) is 2.37. The topological polar surface area (TPSA) is 59.2 Å². The Morgan fingerprint density at radius 3 is 2.58 bits per heavy atom. The van der Waals surface area contributed by atoms with Gasteiger partial charge >= 0.3 is 0 Å². The number of thioether (sulfide) groups is 1. The molecule has 0 unspecified atom stereocenters. The van der Waals surface area contributed by atoms with Crippen LogP contribution in [0.4, 0.5) is 0 Å². The normalized spacial score (nSPS) is 10.7. The van der Waals surface area contributed by atoms with E-state index in [1.807, 2.05) is 30.3 Å². The molecule has 134 valence electrons. The molecule has 0 radical (unpaired) electrons. The van der Waals surface area contributed by atoms with E-state index in [0.717, 1.165) is 11.3 Å². The van der Waals surface area contributed by atoms with Crippen molar-refractivity contribution < 1.29 is 9.32 Å². The van der Waals surface area contributed by atoms with Crippen molar-refractivity contribution in [2.75, 3.05) is 12.8 Å². The minimum absolute atomic E-state index is 0.0431. The summed E-state index contributed by atoms with van der Waals surface area (Å²) in [6.07, 6.45) is 0. The number of nitrogens with zero attached hydrogens (tertiary/aromatic N) is 3. The molecule has 3 aromatic rings. The van der Waals surface area contributed by atoms with Gasteiger partial charge in [-0.3, -0.25) is 4.79 Å². The quantitative estimate of drug-likeness (QED) is 0.633. The van der Waals surface area contributed by atoms with E-state index >= 15 is 0 Å². The number of carbonyl (C=O) groups excluding carboxylic acids is 1. The molecule has 0 aliphatic heterocycles. The van der Waals surface area contributed by atoms with E-state index in [9.17, 15) is 4.79 Å². The fourth-order valence-corrected chi connectivity index (χ4v) is 3.29. The maximum Gasteiger partial charge on any atom is 0.246 e. The molecule has 1 heterocycles. The van der Waals surface area contributed by atoms with E-state index < -0.39 is 0 Å². The number of benzene rings is 2. The molecule has 2 aromatic carbocycles. The Labute approximate surface area is 157 Å². The van der Waals surface area contributed by atoms with E-state index in [1.54, 1.807) is 23.7 Å². The summed E-state index contributed by atoms with van der Waals surface area (Å²) in [5.74, 6) is 2.25. The number of hydrogen-bond acceptors (Lipinski definition) is 5. The zero-order valence-corrected chi connectivity index (χ0v) is 15.7. The molecule has 0 atom stereocenters. The molecule has 6 heteroatoms. The van der Waals surface area contributed by atoms with Crippen molar-refractivity contribution in [1.29, 1.82) is 0 Å². The van der Waals surface area contributed by atoms with Crippen LogP contribution in [0.2, 0.25) is 0 Å². The minimum Gasteiger partial charge on any atom is -0.337 e. The lowest BCUT2D eigenvalue weighted by Gasteiger charge is -2.14. The zero-order chi connectivity index (χ0) is 18.4. The van der Waals surface area contributed by atoms with Gasteiger partial charge in [0.15, 0.2) is 0 Å². The second-order valence-electron chi connectivity index (χ2n) is 6.11. The van der Waals surface area contributed by atoms with E-state index in [0.29, 0.717) is 24.0 Å². The maximum atomic E-state index is 12.3. The third-order valence-corrected chi connectivity index (χ3v) is 4.90. The van der Waals surface area contributed by atoms with Crippen LogP contribution in [0.3, 0.4) is 0 Å². The minimum atomic E-state index is 0.0431. The fraction of sp³-hybridized carbons (Fsp3) is 0.250. The van der Waals surface area contributed by atoms with Crippen LogP contribution in [0.15, 0.2) is 59.1 Å². The van der Waals surface area contributed by atoms with E-state index in [4.69, 9.17) is 4.52 Å². The molecular weight excluding hydrogens is 346 g/mol. The summed E-state index contributed by atoms with van der Waals surface area (Å²) in [5.41, 5.74) is 3.36. The van der Waals surface area contributed by atoms with Gasteiger partial charge in [-0.15, -0.1) is 11.8 Å². The van der Waals surface area contributed by atoms with Gasteiger partial charge in [0.1, 0.15) is 0 Å². The van der Waals surface area contributed by atoms with Gasteiger partial charge in [-0.1, -0.05) is 65.3 Å². The first-order chi connectivity index (χ1) is 12.6. The van der Waals surface area contributed by atoms with E-state index in [1.165, 1.54) is 11.1 Å². The first kappa shape index (κ1) is 18.2. The number of aromatic nitrogens is 2. The summed E-state index contributed by atoms with van der Waals surface area (Å²) >= 11 is 1.60. The highest BCUT2D eigenvalue weighted by molar-refractivity contribution is 7.99. The van der Waals surface area contributed by atoms with Crippen molar-refractivity contribution in [3.05, 3.63) is 71.6 Å². The number of hydrogen-bond donors (Lipinski definition) is 0. The second-order valence-corrected chi connectivity index (χ2v) is 7.09. The van der Waals surface area contributed by atoms with Crippen molar-refractivity contribution in [2.45, 2.75) is 19.2 Å². The smallest absolute Gasteiger partial charge is 0.246 e. The Bertz CT molecular complexity index is 847. The SMILES string of the molecule is Cc1ccc(CSCC(=O)N(C)Cc2nc(-c3ccccc3)no2)cc1. The van der Waals surface area contributed by atoms with Crippen LogP contribution in [0, 0.1) is 6.92 Å². The molecule has 0 saturated carbocycles. The van der Waals surface area contributed by atoms with Crippen LogP contribution < -0.4 is 0 Å². The van der Waals surface area contributed by atoms with Crippen molar-refractivity contribution in [3.63, 3.8) is 0 Å². The average molecular weight is 367 g/mol. The Morgan fingerprint density at radius 2 is 1.85 bits per heavy atom. The predicted octanol–water partition coefficient (Wildman–Crippen LogP) is 3.94. The van der Waals surface area contributed by atoms with Crippen molar-refractivity contribution >= 4 is 17.7 Å². The molecule has 0 saturated heterocycles. The summed E-state index contributed by atoms with van der Waals surface area (Å²) in [7, 11) is 1.75. The third-order valence-electron chi connectivity index (χ3n) is 3.91. The van der Waals surface area contributed by atoms with Crippen LogP contribution in [0.25, 0.3) is 11.4 Å². The van der Waals surface area contributed by atoms with Crippen molar-refractivity contribution in [3.8, 4) is 11.4 Å². The van der Waals surface area contributed by atoms with Crippen LogP contribution in [-0.2, 0) is 17.1 Å². The highest BCUT2D eigenvalue weighted by atomic mass is 32.2. The molecule has 0 N–H and O–H groups in total. The lowest BCUT2D eigenvalue weighted by molar-refractivity contribution is -0.127. The molecule has 1 aromatic heterocycles. The summed E-state index contributed by atoms with van der Waals surface area (Å²) in [6.45, 7) is 2.37. The Kier molecular flexibility index (Phi) is 6.07. The van der Waals surface area contributed by atoms with Gasteiger partial charge in [-0.2, -0.15) is 4.98 Å². The molecule has 1 amide bonds. The number of amides is 1. The number of aryl methyl sites for hydroxylation is 1. The molecule has 5 nitrogen and oxygen atoms in total. The van der Waals surface area contributed by atoms with Gasteiger partial charge < -0.3 is 9.42 Å². The molecule has 3 rings (SSSR count). The van der Waals surface area contributed by atoms with Crippen LogP contribution in [0.1, 0.15) is 17.0 Å². The van der Waals surface area contributed by atoms with E-state index in [2.05, 4.69) is 41.3 Å². The first-order valence-electron chi connectivity index (χ1n) is 8.37. The highest BCUT2D eigenvalue weighted by Crippen LogP contribution is 2.16. The van der Waals surface area contributed by atoms with Gasteiger partial charge in [-0.05, 0) is 12.5 Å². The monoisotopic (exact) mass is 367 g/mol. The van der Waals surface area contributed by atoms with Gasteiger partial charge in [-0.25, -0.2) is 0 Å². The average Bonchev–Trinajstić information content (AvgIpc) is 3.12. The van der Waals surface area contributed by atoms with Gasteiger partial charge in [0, 0.05) is 18.4 Å². The second kappa shape index (κ2) is 8.67. The highest BCUT2D eigenvalue weighted by Gasteiger charge is 2.14. The standard InChI is InChI=1S/C20H21N3O2S/c1-15-8-10-16(11-9-15)13-26-14-19(24)23(2)12-18-21-20(22-25-18)17-6-4-3-5-7-17/h3-11H,12-14H2,1-2H3. The maximum absolute atomic E-state index is 12.3. The summed E-state index contributed by atoms with van der Waals surface area (Å²) in [5, 5.41) is 3.98. The number of carbonyl (C=O) groups is 1. The third kappa shape index (κ3) is 4.95. The van der Waals surface area contributed by atoms with Crippen LogP contribution >= 0.6 is 11.8 Å². The van der Waals surface area contributed by atoms with Gasteiger partial charge in [0.2, 0.25) is 17.6 Å². The van der Waals surface area contributed by atoms with Crippen LogP contribution in [0.5, 0.6) is 0 Å². The van der Waals surface area contributed by atoms with Crippen molar-refractivity contribution in [1.82, 2.24) is 15.0 Å². The Morgan fingerprint density at radius 1 is 1.12 bits per heavy atom. The summed E-state index contributed by atoms with van der Waals surface area (Å²) < 4.78 is 5.26. The molecule has 0 aliphatic carbocycles. The van der Waals surface area contributed by atoms with E-state index in [-0.39, 0.29) is 5.91 Å². The molecule has 0 aliphatic rings. The number of rotatable bonds is 7. The molecular formula is C20H21N3O2S. The van der Waals surface area contributed by atoms with Gasteiger partial charge in [0.25, 0.3) is 0 Å². The molecule has 26 heavy (non-hydrogen) atoms. The summed E-state index contributed by atoms with van der Waals surface area (Å²) in [6, 6.07) is 18.0. The zero-order valence-electron chi connectivity index (χ0n) is 14.9. The largest absolute Gasteiger partial charge is 0.337 e. The summed E-state index contributed by atoms with van der Waals surface area (Å²) in [4.78, 5) is 18.3. The molecule has 0 fully saturated rings. The molecule has 0 bridgehead atoms. The van der Waals surface area contributed by atoms with Gasteiger partial charge in [0.05, 0.1) is 12.3 Å². The molecule has 0 spiro atoms. The lowest BCUT2D eigenvalue weighted by atomic mass is 10.2.